The van der Waals surface area contributed by atoms with Crippen molar-refractivity contribution in [3.8, 4) is 0 Å². The molecule has 62 valence electrons. The van der Waals surface area contributed by atoms with Crippen LogP contribution >= 0.6 is 79.1 Å². The zero-order chi connectivity index (χ0) is 8.72. The van der Waals surface area contributed by atoms with Gasteiger partial charge in [-0.05, 0) is 86.0 Å². The van der Waals surface area contributed by atoms with Gasteiger partial charge in [-0.25, -0.2) is 0 Å². The molecule has 0 radical (unpaired) electrons. The van der Waals surface area contributed by atoms with Crippen LogP contribution in [0.15, 0.2) is 18.2 Å². The van der Waals surface area contributed by atoms with Gasteiger partial charge in [0.2, 0.25) is 0 Å². The van der Waals surface area contributed by atoms with Crippen LogP contribution in [-0.2, 0) is 0 Å². The maximum absolute atomic E-state index is 2.39. The van der Waals surface area contributed by atoms with Gasteiger partial charge in [-0.2, -0.15) is 0 Å². The van der Waals surface area contributed by atoms with Crippen LogP contribution in [0.3, 0.4) is 0 Å². The van der Waals surface area contributed by atoms with Gasteiger partial charge in [-0.15, -0.1) is 11.3 Å². The van der Waals surface area contributed by atoms with E-state index in [1.165, 1.54) is 20.1 Å². The summed E-state index contributed by atoms with van der Waals surface area (Å²) in [6.45, 7) is 0. The first-order valence-corrected chi connectivity index (χ1v) is 7.27. The lowest BCUT2D eigenvalue weighted by Gasteiger charge is -1.95. The van der Waals surface area contributed by atoms with Gasteiger partial charge in [0, 0.05) is 17.2 Å². The largest absolute Gasteiger partial charge is 0.128 e. The Balaban J connectivity index is 2.93. The third kappa shape index (κ3) is 1.76. The number of hydrogen-bond donors (Lipinski definition) is 0. The molecule has 0 saturated heterocycles. The maximum Gasteiger partial charge on any atom is 0.0666 e. The first kappa shape index (κ1) is 9.91. The number of halogens is 3. The number of hydrogen-bond acceptors (Lipinski definition) is 1. The number of benzene rings is 1. The second-order valence-electron chi connectivity index (χ2n) is 2.32. The minimum atomic E-state index is 1.35. The highest BCUT2D eigenvalue weighted by atomic mass is 127. The summed E-state index contributed by atoms with van der Waals surface area (Å²) in [5, 5.41) is 1.40. The first-order valence-electron chi connectivity index (χ1n) is 3.21. The highest BCUT2D eigenvalue weighted by Crippen LogP contribution is 2.33. The molecule has 12 heavy (non-hydrogen) atoms. The third-order valence-corrected chi connectivity index (χ3v) is 5.69. The van der Waals surface area contributed by atoms with E-state index in [1.54, 1.807) is 0 Å². The molecule has 2 aromatic rings. The van der Waals surface area contributed by atoms with E-state index in [9.17, 15) is 0 Å². The van der Waals surface area contributed by atoms with Crippen molar-refractivity contribution in [1.82, 2.24) is 0 Å². The molecule has 0 aliphatic carbocycles. The molecule has 0 spiro atoms. The van der Waals surface area contributed by atoms with Crippen LogP contribution in [-0.4, -0.2) is 0 Å². The van der Waals surface area contributed by atoms with Gasteiger partial charge in [0.05, 0.1) is 2.88 Å². The Morgan fingerprint density at radius 3 is 2.33 bits per heavy atom. The minimum absolute atomic E-state index is 1.35. The van der Waals surface area contributed by atoms with Gasteiger partial charge >= 0.3 is 0 Å². The predicted molar refractivity (Wildman–Crippen MR) is 80.0 cm³/mol. The van der Waals surface area contributed by atoms with Crippen molar-refractivity contribution in [2.45, 2.75) is 0 Å². The van der Waals surface area contributed by atoms with Gasteiger partial charge in [-0.1, -0.05) is 0 Å². The van der Waals surface area contributed by atoms with Crippen molar-refractivity contribution in [3.63, 3.8) is 0 Å². The van der Waals surface area contributed by atoms with Crippen molar-refractivity contribution in [2.24, 2.45) is 0 Å². The lowest BCUT2D eigenvalue weighted by Crippen LogP contribution is -1.74. The highest BCUT2D eigenvalue weighted by Gasteiger charge is 2.05. The van der Waals surface area contributed by atoms with Gasteiger partial charge in [0.1, 0.15) is 0 Å². The van der Waals surface area contributed by atoms with E-state index < -0.39 is 0 Å². The summed E-state index contributed by atoms with van der Waals surface area (Å²) < 4.78 is 5.50. The highest BCUT2D eigenvalue weighted by molar-refractivity contribution is 14.1. The average Bonchev–Trinajstić information content (AvgIpc) is 2.41. The molecular weight excluding hydrogens is 509 g/mol. The van der Waals surface area contributed by atoms with Crippen LogP contribution in [0, 0.1) is 10.0 Å². The molecule has 1 aromatic heterocycles. The molecule has 0 bridgehead atoms. The molecule has 0 N–H and O–H groups in total. The molecule has 0 unspecified atom stereocenters. The summed E-state index contributed by atoms with van der Waals surface area (Å²) in [6.07, 6.45) is 0. The van der Waals surface area contributed by atoms with E-state index in [0.29, 0.717) is 0 Å². The quantitative estimate of drug-likeness (QED) is 0.449. The summed E-state index contributed by atoms with van der Waals surface area (Å²) in [7, 11) is 0. The van der Waals surface area contributed by atoms with E-state index in [1.807, 2.05) is 11.3 Å². The van der Waals surface area contributed by atoms with Crippen LogP contribution < -0.4 is 0 Å². The van der Waals surface area contributed by atoms with E-state index in [0.717, 1.165) is 0 Å². The fourth-order valence-electron chi connectivity index (χ4n) is 1.03. The second-order valence-corrected chi connectivity index (χ2v) is 7.59. The molecule has 0 saturated carbocycles. The lowest BCUT2D eigenvalue weighted by molar-refractivity contribution is 1.73. The van der Waals surface area contributed by atoms with Crippen molar-refractivity contribution in [2.75, 3.05) is 0 Å². The van der Waals surface area contributed by atoms with Gasteiger partial charge in [0.25, 0.3) is 0 Å². The van der Waals surface area contributed by atoms with E-state index in [-0.39, 0.29) is 0 Å². The molecule has 1 heterocycles. The average molecular weight is 512 g/mol. The zero-order valence-corrected chi connectivity index (χ0v) is 13.1. The van der Waals surface area contributed by atoms with Crippen molar-refractivity contribution < 1.29 is 0 Å². The number of rotatable bonds is 0. The third-order valence-electron chi connectivity index (χ3n) is 1.55. The molecule has 0 amide bonds. The van der Waals surface area contributed by atoms with Crippen molar-refractivity contribution >= 4 is 89.2 Å². The van der Waals surface area contributed by atoms with Crippen LogP contribution in [0.1, 0.15) is 0 Å². The second kappa shape index (κ2) is 3.85. The summed E-state index contributed by atoms with van der Waals surface area (Å²) in [6, 6.07) is 6.61. The Morgan fingerprint density at radius 2 is 1.67 bits per heavy atom. The lowest BCUT2D eigenvalue weighted by atomic mass is 10.3. The summed E-state index contributed by atoms with van der Waals surface area (Å²) in [4.78, 5) is 0. The maximum atomic E-state index is 2.39. The number of fused-ring (bicyclic) bond motifs is 1. The fourth-order valence-corrected chi connectivity index (χ4v) is 4.40. The topological polar surface area (TPSA) is 0 Å². The Morgan fingerprint density at radius 1 is 1.00 bits per heavy atom. The summed E-state index contributed by atoms with van der Waals surface area (Å²) in [5.74, 6) is 0. The molecule has 2 rings (SSSR count). The molecular formula is C8H3I3S. The van der Waals surface area contributed by atoms with E-state index in [4.69, 9.17) is 0 Å². The van der Waals surface area contributed by atoms with Gasteiger partial charge in [0.15, 0.2) is 0 Å². The standard InChI is InChI=1S/C8H3I3S/c9-5-1-2-6(10)8-4(5)3-7(11)12-8/h1-3H. The fraction of sp³-hybridized carbons (Fsp3) is 0. The van der Waals surface area contributed by atoms with Crippen molar-refractivity contribution in [1.29, 1.82) is 0 Å². The molecule has 1 aromatic carbocycles. The number of thiophene rings is 1. The molecule has 0 atom stereocenters. The Kier molecular flexibility index (Phi) is 3.18. The van der Waals surface area contributed by atoms with Crippen LogP contribution in [0.25, 0.3) is 10.1 Å². The molecule has 0 fully saturated rings. The Hall–Kier alpha value is 1.37. The van der Waals surface area contributed by atoms with Gasteiger partial charge in [-0.3, -0.25) is 0 Å². The summed E-state index contributed by atoms with van der Waals surface area (Å²) >= 11 is 9.03. The molecule has 0 aliphatic heterocycles. The van der Waals surface area contributed by atoms with Crippen LogP contribution in [0.4, 0.5) is 0 Å². The molecule has 0 aliphatic rings. The summed E-state index contributed by atoms with van der Waals surface area (Å²) in [5.41, 5.74) is 0. The zero-order valence-electron chi connectivity index (χ0n) is 5.77. The predicted octanol–water partition coefficient (Wildman–Crippen LogP) is 4.72. The Bertz CT molecular complexity index is 394. The first-order chi connectivity index (χ1) is 5.68. The minimum Gasteiger partial charge on any atom is -0.128 e. The van der Waals surface area contributed by atoms with Crippen LogP contribution in [0.5, 0.6) is 0 Å². The van der Waals surface area contributed by atoms with Crippen molar-refractivity contribution in [3.05, 3.63) is 28.2 Å². The van der Waals surface area contributed by atoms with E-state index in [2.05, 4.69) is 86.0 Å². The van der Waals surface area contributed by atoms with Gasteiger partial charge < -0.3 is 0 Å². The normalized spacial score (nSPS) is 10.9. The van der Waals surface area contributed by atoms with E-state index >= 15 is 0 Å². The monoisotopic (exact) mass is 512 g/mol. The molecule has 4 heteroatoms. The Labute approximate surface area is 116 Å². The smallest absolute Gasteiger partial charge is 0.0666 e. The molecule has 0 nitrogen and oxygen atoms in total. The SMILES string of the molecule is Ic1cc2c(I)ccc(I)c2s1. The van der Waals surface area contributed by atoms with Crippen LogP contribution in [0.2, 0.25) is 0 Å².